The first-order valence-corrected chi connectivity index (χ1v) is 6.26. The average Bonchev–Trinajstić information content (AvgIpc) is 2.71. The molecule has 2 aromatic rings. The van der Waals surface area contributed by atoms with Gasteiger partial charge in [0.15, 0.2) is 0 Å². The third-order valence-electron chi connectivity index (χ3n) is 3.45. The maximum absolute atomic E-state index is 6.04. The first-order valence-electron chi connectivity index (χ1n) is 5.88. The molecule has 0 amide bonds. The first kappa shape index (κ1) is 10.8. The van der Waals surface area contributed by atoms with Crippen molar-refractivity contribution >= 4 is 11.6 Å². The molecule has 0 bridgehead atoms. The number of aromatic nitrogens is 3. The Hall–Kier alpha value is -1.35. The van der Waals surface area contributed by atoms with Crippen LogP contribution in [-0.4, -0.2) is 14.8 Å². The molecule has 1 aromatic carbocycles. The highest BCUT2D eigenvalue weighted by Gasteiger charge is 2.22. The van der Waals surface area contributed by atoms with Crippen molar-refractivity contribution in [3.8, 4) is 0 Å². The molecular weight excluding hydrogens is 234 g/mol. The van der Waals surface area contributed by atoms with Crippen LogP contribution in [0, 0.1) is 6.92 Å². The Balaban J connectivity index is 1.91. The monoisotopic (exact) mass is 247 g/mol. The Morgan fingerprint density at radius 1 is 1.35 bits per heavy atom. The van der Waals surface area contributed by atoms with Crippen LogP contribution in [0.3, 0.4) is 0 Å². The van der Waals surface area contributed by atoms with Gasteiger partial charge in [-0.15, -0.1) is 10.2 Å². The van der Waals surface area contributed by atoms with E-state index in [1.165, 1.54) is 5.56 Å². The van der Waals surface area contributed by atoms with Gasteiger partial charge >= 0.3 is 0 Å². The second kappa shape index (κ2) is 4.15. The third kappa shape index (κ3) is 1.95. The molecule has 4 heteroatoms. The minimum atomic E-state index is 0.524. The van der Waals surface area contributed by atoms with Crippen LogP contribution in [0.25, 0.3) is 0 Å². The van der Waals surface area contributed by atoms with E-state index in [0.29, 0.717) is 5.92 Å². The summed E-state index contributed by atoms with van der Waals surface area (Å²) in [7, 11) is 0. The molecule has 1 aliphatic heterocycles. The maximum Gasteiger partial charge on any atom is 0.133 e. The van der Waals surface area contributed by atoms with E-state index in [4.69, 9.17) is 11.6 Å². The summed E-state index contributed by atoms with van der Waals surface area (Å²) in [5.74, 6) is 2.64. The van der Waals surface area contributed by atoms with Crippen LogP contribution in [0.15, 0.2) is 24.3 Å². The number of fused-ring (bicyclic) bond motifs is 1. The fourth-order valence-corrected chi connectivity index (χ4v) is 2.69. The van der Waals surface area contributed by atoms with Gasteiger partial charge in [-0.3, -0.25) is 0 Å². The van der Waals surface area contributed by atoms with E-state index in [-0.39, 0.29) is 0 Å². The van der Waals surface area contributed by atoms with Crippen molar-refractivity contribution in [1.29, 1.82) is 0 Å². The maximum atomic E-state index is 6.04. The molecule has 0 saturated carbocycles. The van der Waals surface area contributed by atoms with Gasteiger partial charge in [0.05, 0.1) is 0 Å². The average molecular weight is 248 g/mol. The van der Waals surface area contributed by atoms with E-state index in [1.807, 2.05) is 19.1 Å². The number of aryl methyl sites for hydroxylation is 2. The highest BCUT2D eigenvalue weighted by atomic mass is 35.5. The summed E-state index contributed by atoms with van der Waals surface area (Å²) < 4.78 is 2.22. The standard InChI is InChI=1S/C13H14ClN3/c1-9-15-16-13-6-5-11(8-17(9)13)10-3-2-4-12(14)7-10/h2-4,7,11H,5-6,8H2,1H3. The van der Waals surface area contributed by atoms with Crippen LogP contribution in [0.2, 0.25) is 5.02 Å². The van der Waals surface area contributed by atoms with Gasteiger partial charge in [-0.2, -0.15) is 0 Å². The van der Waals surface area contributed by atoms with E-state index >= 15 is 0 Å². The number of rotatable bonds is 1. The Morgan fingerprint density at radius 2 is 2.24 bits per heavy atom. The molecule has 1 aromatic heterocycles. The van der Waals surface area contributed by atoms with Crippen LogP contribution >= 0.6 is 11.6 Å². The lowest BCUT2D eigenvalue weighted by Gasteiger charge is -2.24. The van der Waals surface area contributed by atoms with E-state index in [0.717, 1.165) is 36.1 Å². The quantitative estimate of drug-likeness (QED) is 0.776. The topological polar surface area (TPSA) is 30.7 Å². The minimum absolute atomic E-state index is 0.524. The van der Waals surface area contributed by atoms with Gasteiger partial charge in [-0.05, 0) is 31.0 Å². The zero-order valence-corrected chi connectivity index (χ0v) is 10.5. The Labute approximate surface area is 105 Å². The summed E-state index contributed by atoms with van der Waals surface area (Å²) >= 11 is 6.04. The van der Waals surface area contributed by atoms with Gasteiger partial charge in [-0.1, -0.05) is 23.7 Å². The van der Waals surface area contributed by atoms with Gasteiger partial charge in [0, 0.05) is 23.9 Å². The van der Waals surface area contributed by atoms with Crippen LogP contribution in [0.1, 0.15) is 29.6 Å². The zero-order valence-electron chi connectivity index (χ0n) is 9.73. The van der Waals surface area contributed by atoms with Crippen molar-refractivity contribution in [2.45, 2.75) is 32.2 Å². The van der Waals surface area contributed by atoms with Gasteiger partial charge in [0.25, 0.3) is 0 Å². The van der Waals surface area contributed by atoms with Crippen LogP contribution in [0.5, 0.6) is 0 Å². The van der Waals surface area contributed by atoms with E-state index < -0.39 is 0 Å². The molecule has 0 spiro atoms. The van der Waals surface area contributed by atoms with Crippen molar-refractivity contribution in [3.05, 3.63) is 46.5 Å². The number of hydrogen-bond donors (Lipinski definition) is 0. The molecule has 3 rings (SSSR count). The minimum Gasteiger partial charge on any atom is -0.315 e. The van der Waals surface area contributed by atoms with Crippen molar-refractivity contribution in [2.75, 3.05) is 0 Å². The molecule has 3 nitrogen and oxygen atoms in total. The predicted molar refractivity (Wildman–Crippen MR) is 67.3 cm³/mol. The molecule has 0 aliphatic carbocycles. The molecule has 1 aliphatic rings. The summed E-state index contributed by atoms with van der Waals surface area (Å²) in [5.41, 5.74) is 1.32. The zero-order chi connectivity index (χ0) is 11.8. The highest BCUT2D eigenvalue weighted by molar-refractivity contribution is 6.30. The lowest BCUT2D eigenvalue weighted by Crippen LogP contribution is -2.19. The second-order valence-electron chi connectivity index (χ2n) is 4.56. The predicted octanol–water partition coefficient (Wildman–Crippen LogP) is 2.97. The molecule has 0 saturated heterocycles. The summed E-state index contributed by atoms with van der Waals surface area (Å²) in [6.45, 7) is 2.98. The Kier molecular flexibility index (Phi) is 2.63. The number of benzene rings is 1. The van der Waals surface area contributed by atoms with E-state index in [1.54, 1.807) is 0 Å². The lowest BCUT2D eigenvalue weighted by atomic mass is 9.91. The second-order valence-corrected chi connectivity index (χ2v) is 5.00. The Bertz CT molecular complexity index is 547. The largest absolute Gasteiger partial charge is 0.315 e. The molecule has 1 atom stereocenters. The van der Waals surface area contributed by atoms with Crippen molar-refractivity contribution in [2.24, 2.45) is 0 Å². The molecule has 2 heterocycles. The summed E-state index contributed by atoms with van der Waals surface area (Å²) in [6.07, 6.45) is 2.12. The van der Waals surface area contributed by atoms with Gasteiger partial charge in [0.1, 0.15) is 11.6 Å². The van der Waals surface area contributed by atoms with Crippen molar-refractivity contribution in [3.63, 3.8) is 0 Å². The molecular formula is C13H14ClN3. The Morgan fingerprint density at radius 3 is 3.06 bits per heavy atom. The third-order valence-corrected chi connectivity index (χ3v) is 3.69. The lowest BCUT2D eigenvalue weighted by molar-refractivity contribution is 0.450. The fourth-order valence-electron chi connectivity index (χ4n) is 2.49. The normalized spacial score (nSPS) is 19.1. The molecule has 88 valence electrons. The number of nitrogens with zero attached hydrogens (tertiary/aromatic N) is 3. The molecule has 17 heavy (non-hydrogen) atoms. The van der Waals surface area contributed by atoms with Gasteiger partial charge < -0.3 is 4.57 Å². The number of halogens is 1. The molecule has 1 unspecified atom stereocenters. The van der Waals surface area contributed by atoms with E-state index in [9.17, 15) is 0 Å². The molecule has 0 fully saturated rings. The van der Waals surface area contributed by atoms with E-state index in [2.05, 4.69) is 26.9 Å². The summed E-state index contributed by atoms with van der Waals surface area (Å²) in [4.78, 5) is 0. The van der Waals surface area contributed by atoms with Crippen molar-refractivity contribution in [1.82, 2.24) is 14.8 Å². The first-order chi connectivity index (χ1) is 8.24. The molecule has 0 N–H and O–H groups in total. The van der Waals surface area contributed by atoms with Crippen LogP contribution in [0.4, 0.5) is 0 Å². The smallest absolute Gasteiger partial charge is 0.133 e. The van der Waals surface area contributed by atoms with Crippen LogP contribution < -0.4 is 0 Å². The van der Waals surface area contributed by atoms with Crippen LogP contribution in [-0.2, 0) is 13.0 Å². The highest BCUT2D eigenvalue weighted by Crippen LogP contribution is 2.29. The van der Waals surface area contributed by atoms with Crippen molar-refractivity contribution < 1.29 is 0 Å². The summed E-state index contributed by atoms with van der Waals surface area (Å²) in [5, 5.41) is 9.13. The summed E-state index contributed by atoms with van der Waals surface area (Å²) in [6, 6.07) is 8.16. The SMILES string of the molecule is Cc1nnc2n1CC(c1cccc(Cl)c1)CC2. The number of hydrogen-bond acceptors (Lipinski definition) is 2. The van der Waals surface area contributed by atoms with Gasteiger partial charge in [0.2, 0.25) is 0 Å². The fraction of sp³-hybridized carbons (Fsp3) is 0.385. The molecule has 0 radical (unpaired) electrons. The van der Waals surface area contributed by atoms with Gasteiger partial charge in [-0.25, -0.2) is 0 Å².